The maximum Gasteiger partial charge on any atom is 0.293 e. The Kier molecular flexibility index (Phi) is 5.24. The van der Waals surface area contributed by atoms with E-state index in [9.17, 15) is 9.59 Å². The van der Waals surface area contributed by atoms with Crippen LogP contribution in [0.1, 0.15) is 50.6 Å². The van der Waals surface area contributed by atoms with E-state index in [0.717, 1.165) is 12.8 Å². The molecular formula is C13H23N5O2. The van der Waals surface area contributed by atoms with Crippen molar-refractivity contribution in [2.75, 3.05) is 13.6 Å². The second kappa shape index (κ2) is 6.49. The molecule has 0 saturated heterocycles. The van der Waals surface area contributed by atoms with E-state index in [2.05, 4.69) is 20.5 Å². The second-order valence-electron chi connectivity index (χ2n) is 5.82. The molecule has 0 aliphatic rings. The first-order valence-corrected chi connectivity index (χ1v) is 6.70. The standard InChI is InChI=1S/C13H23N5O2/c1-6-7-9-14-11(17-16-9)12(20)18(5)8-10(19)15-13(2,3)4/h6-8H2,1-5H3,(H,15,19)(H,14,16,17). The Morgan fingerprint density at radius 3 is 2.55 bits per heavy atom. The van der Waals surface area contributed by atoms with Gasteiger partial charge in [-0.2, -0.15) is 0 Å². The maximum atomic E-state index is 12.1. The number of hydrogen-bond acceptors (Lipinski definition) is 4. The number of aromatic amines is 1. The third-order valence-electron chi connectivity index (χ3n) is 2.45. The van der Waals surface area contributed by atoms with Gasteiger partial charge in [-0.05, 0) is 27.2 Å². The Morgan fingerprint density at radius 1 is 1.35 bits per heavy atom. The molecule has 0 saturated carbocycles. The lowest BCUT2D eigenvalue weighted by atomic mass is 10.1. The molecule has 112 valence electrons. The normalized spacial score (nSPS) is 11.2. The molecule has 20 heavy (non-hydrogen) atoms. The van der Waals surface area contributed by atoms with Crippen molar-refractivity contribution in [3.05, 3.63) is 11.6 Å². The molecule has 1 heterocycles. The second-order valence-corrected chi connectivity index (χ2v) is 5.82. The van der Waals surface area contributed by atoms with E-state index in [1.165, 1.54) is 4.90 Å². The molecule has 0 radical (unpaired) electrons. The number of likely N-dealkylation sites (N-methyl/N-ethyl adjacent to an activating group) is 1. The summed E-state index contributed by atoms with van der Waals surface area (Å²) in [6.45, 7) is 7.66. The molecular weight excluding hydrogens is 258 g/mol. The lowest BCUT2D eigenvalue weighted by molar-refractivity contribution is -0.122. The molecule has 7 heteroatoms. The zero-order chi connectivity index (χ0) is 15.3. The van der Waals surface area contributed by atoms with E-state index in [1.807, 2.05) is 27.7 Å². The van der Waals surface area contributed by atoms with Gasteiger partial charge in [0.2, 0.25) is 11.7 Å². The van der Waals surface area contributed by atoms with Gasteiger partial charge >= 0.3 is 0 Å². The number of nitrogens with one attached hydrogen (secondary N) is 2. The summed E-state index contributed by atoms with van der Waals surface area (Å²) in [7, 11) is 1.56. The average molecular weight is 281 g/mol. The number of H-pyrrole nitrogens is 1. The van der Waals surface area contributed by atoms with Crippen molar-refractivity contribution in [2.24, 2.45) is 0 Å². The predicted molar refractivity (Wildman–Crippen MR) is 75.2 cm³/mol. The van der Waals surface area contributed by atoms with Gasteiger partial charge in [0, 0.05) is 19.0 Å². The van der Waals surface area contributed by atoms with Crippen molar-refractivity contribution in [1.82, 2.24) is 25.4 Å². The van der Waals surface area contributed by atoms with Crippen molar-refractivity contribution in [2.45, 2.75) is 46.1 Å². The molecule has 2 amide bonds. The quantitative estimate of drug-likeness (QED) is 0.833. The van der Waals surface area contributed by atoms with E-state index in [1.54, 1.807) is 7.05 Å². The lowest BCUT2D eigenvalue weighted by Gasteiger charge is -2.22. The fourth-order valence-electron chi connectivity index (χ4n) is 1.66. The fraction of sp³-hybridized carbons (Fsp3) is 0.692. The first kappa shape index (κ1) is 16.1. The van der Waals surface area contributed by atoms with Crippen molar-refractivity contribution >= 4 is 11.8 Å². The van der Waals surface area contributed by atoms with Crippen molar-refractivity contribution in [3.63, 3.8) is 0 Å². The van der Waals surface area contributed by atoms with Gasteiger partial charge in [-0.1, -0.05) is 6.92 Å². The smallest absolute Gasteiger partial charge is 0.293 e. The van der Waals surface area contributed by atoms with Crippen LogP contribution in [0.15, 0.2) is 0 Å². The third-order valence-corrected chi connectivity index (χ3v) is 2.45. The van der Waals surface area contributed by atoms with Gasteiger partial charge in [-0.25, -0.2) is 4.98 Å². The Morgan fingerprint density at radius 2 is 2.00 bits per heavy atom. The molecule has 1 aromatic rings. The van der Waals surface area contributed by atoms with Crippen molar-refractivity contribution < 1.29 is 9.59 Å². The highest BCUT2D eigenvalue weighted by molar-refractivity contribution is 5.93. The topological polar surface area (TPSA) is 91.0 Å². The van der Waals surface area contributed by atoms with Gasteiger partial charge < -0.3 is 10.2 Å². The van der Waals surface area contributed by atoms with E-state index < -0.39 is 0 Å². The zero-order valence-electron chi connectivity index (χ0n) is 12.8. The lowest BCUT2D eigenvalue weighted by Crippen LogP contribution is -2.46. The molecule has 0 spiro atoms. The number of rotatable bonds is 5. The summed E-state index contributed by atoms with van der Waals surface area (Å²) in [5, 5.41) is 9.40. The van der Waals surface area contributed by atoms with Gasteiger partial charge in [0.1, 0.15) is 5.82 Å². The van der Waals surface area contributed by atoms with Gasteiger partial charge in [0.25, 0.3) is 5.91 Å². The molecule has 1 rings (SSSR count). The number of aromatic nitrogens is 3. The summed E-state index contributed by atoms with van der Waals surface area (Å²) in [5.74, 6) is 0.202. The molecule has 0 fully saturated rings. The first-order valence-electron chi connectivity index (χ1n) is 6.70. The number of amides is 2. The highest BCUT2D eigenvalue weighted by Gasteiger charge is 2.21. The van der Waals surface area contributed by atoms with Crippen LogP contribution < -0.4 is 5.32 Å². The molecule has 2 N–H and O–H groups in total. The Balaban J connectivity index is 2.60. The van der Waals surface area contributed by atoms with Crippen LogP contribution in [-0.2, 0) is 11.2 Å². The minimum atomic E-state index is -0.368. The number of hydrogen-bond donors (Lipinski definition) is 2. The van der Waals surface area contributed by atoms with E-state index in [4.69, 9.17) is 0 Å². The fourth-order valence-corrected chi connectivity index (χ4v) is 1.66. The van der Waals surface area contributed by atoms with Crippen LogP contribution in [0.4, 0.5) is 0 Å². The summed E-state index contributed by atoms with van der Waals surface area (Å²) < 4.78 is 0. The molecule has 0 aromatic carbocycles. The predicted octanol–water partition coefficient (Wildman–Crippen LogP) is 0.744. The minimum absolute atomic E-state index is 0.0201. The minimum Gasteiger partial charge on any atom is -0.350 e. The summed E-state index contributed by atoms with van der Waals surface area (Å²) in [6, 6.07) is 0. The average Bonchev–Trinajstić information content (AvgIpc) is 2.74. The summed E-state index contributed by atoms with van der Waals surface area (Å²) in [4.78, 5) is 29.2. The molecule has 7 nitrogen and oxygen atoms in total. The molecule has 0 bridgehead atoms. The van der Waals surface area contributed by atoms with E-state index >= 15 is 0 Å². The highest BCUT2D eigenvalue weighted by Crippen LogP contribution is 2.02. The Hall–Kier alpha value is -1.92. The number of carbonyl (C=O) groups is 2. The number of carbonyl (C=O) groups excluding carboxylic acids is 2. The Labute approximate surface area is 119 Å². The van der Waals surface area contributed by atoms with Crippen LogP contribution >= 0.6 is 0 Å². The SMILES string of the molecule is CCCc1nc(C(=O)N(C)CC(=O)NC(C)(C)C)n[nH]1. The zero-order valence-corrected chi connectivity index (χ0v) is 12.8. The molecule has 1 aromatic heterocycles. The van der Waals surface area contributed by atoms with Crippen LogP contribution in [0.25, 0.3) is 0 Å². The summed E-state index contributed by atoms with van der Waals surface area (Å²) in [6.07, 6.45) is 1.67. The van der Waals surface area contributed by atoms with Crippen LogP contribution in [0.3, 0.4) is 0 Å². The van der Waals surface area contributed by atoms with Crippen LogP contribution in [0, 0.1) is 0 Å². The first-order chi connectivity index (χ1) is 9.23. The molecule has 0 atom stereocenters. The van der Waals surface area contributed by atoms with Crippen molar-refractivity contribution in [1.29, 1.82) is 0 Å². The van der Waals surface area contributed by atoms with Gasteiger partial charge in [-0.15, -0.1) is 5.10 Å². The molecule has 0 unspecified atom stereocenters. The largest absolute Gasteiger partial charge is 0.350 e. The van der Waals surface area contributed by atoms with E-state index in [0.29, 0.717) is 5.82 Å². The highest BCUT2D eigenvalue weighted by atomic mass is 16.2. The number of aryl methyl sites for hydroxylation is 1. The third kappa shape index (κ3) is 4.99. The van der Waals surface area contributed by atoms with Crippen LogP contribution in [-0.4, -0.2) is 51.0 Å². The van der Waals surface area contributed by atoms with Gasteiger partial charge in [0.05, 0.1) is 6.54 Å². The van der Waals surface area contributed by atoms with Gasteiger partial charge in [-0.3, -0.25) is 14.7 Å². The molecule has 0 aliphatic carbocycles. The maximum absolute atomic E-state index is 12.1. The summed E-state index contributed by atoms with van der Waals surface area (Å²) >= 11 is 0. The Bertz CT molecular complexity index is 475. The monoisotopic (exact) mass is 281 g/mol. The summed E-state index contributed by atoms with van der Waals surface area (Å²) in [5.41, 5.74) is -0.320. The van der Waals surface area contributed by atoms with Crippen LogP contribution in [0.2, 0.25) is 0 Å². The number of nitrogens with zero attached hydrogens (tertiary/aromatic N) is 3. The molecule has 0 aliphatic heterocycles. The van der Waals surface area contributed by atoms with Crippen LogP contribution in [0.5, 0.6) is 0 Å². The van der Waals surface area contributed by atoms with Gasteiger partial charge in [0.15, 0.2) is 0 Å². The van der Waals surface area contributed by atoms with E-state index in [-0.39, 0.29) is 29.7 Å². The van der Waals surface area contributed by atoms with Crippen molar-refractivity contribution in [3.8, 4) is 0 Å².